The third kappa shape index (κ3) is 3.14. The van der Waals surface area contributed by atoms with Crippen LogP contribution < -0.4 is 5.32 Å². The molecule has 3 heterocycles. The molecule has 0 spiro atoms. The van der Waals surface area contributed by atoms with Crippen molar-refractivity contribution in [1.82, 2.24) is 4.98 Å². The maximum atomic E-state index is 12.9. The molecule has 6 nitrogen and oxygen atoms in total. The van der Waals surface area contributed by atoms with E-state index in [2.05, 4.69) is 10.3 Å². The number of amides is 1. The number of carbonyl (C=O) groups excluding carboxylic acids is 2. The van der Waals surface area contributed by atoms with Crippen molar-refractivity contribution in [1.29, 1.82) is 0 Å². The number of Topliss-reactive ketones (excluding diaryl/α,β-unsaturated/α-hetero) is 1. The first-order valence-electron chi connectivity index (χ1n) is 8.20. The smallest absolute Gasteiger partial charge is 0.229 e. The zero-order chi connectivity index (χ0) is 16.5. The molecule has 0 aromatic carbocycles. The van der Waals surface area contributed by atoms with Crippen LogP contribution in [0, 0.1) is 11.8 Å². The molecule has 7 heteroatoms. The van der Waals surface area contributed by atoms with Gasteiger partial charge in [0.2, 0.25) is 5.91 Å². The van der Waals surface area contributed by atoms with Crippen molar-refractivity contribution in [3.8, 4) is 11.5 Å². The molecule has 1 aliphatic carbocycles. The summed E-state index contributed by atoms with van der Waals surface area (Å²) in [7, 11) is 0. The van der Waals surface area contributed by atoms with Crippen LogP contribution in [-0.4, -0.2) is 29.9 Å². The number of ketones is 1. The lowest BCUT2D eigenvalue weighted by atomic mass is 9.94. The third-order valence-electron chi connectivity index (χ3n) is 4.38. The molecule has 126 valence electrons. The third-order valence-corrected chi connectivity index (χ3v) is 5.36. The van der Waals surface area contributed by atoms with Crippen LogP contribution in [0.25, 0.3) is 11.5 Å². The first-order chi connectivity index (χ1) is 11.7. The number of hydrogen-bond donors (Lipinski definition) is 1. The molecule has 2 aromatic rings. The van der Waals surface area contributed by atoms with Gasteiger partial charge in [-0.15, -0.1) is 0 Å². The summed E-state index contributed by atoms with van der Waals surface area (Å²) in [5, 5.41) is 3.30. The molecular weight excluding hydrogens is 328 g/mol. The maximum Gasteiger partial charge on any atom is 0.229 e. The average Bonchev–Trinajstić information content (AvgIpc) is 3.16. The molecule has 2 fully saturated rings. The minimum atomic E-state index is -0.0557. The summed E-state index contributed by atoms with van der Waals surface area (Å²) in [6, 6.07) is 3.54. The van der Waals surface area contributed by atoms with E-state index >= 15 is 0 Å². The fourth-order valence-corrected chi connectivity index (χ4v) is 3.81. The van der Waals surface area contributed by atoms with Gasteiger partial charge in [0.05, 0.1) is 6.26 Å². The lowest BCUT2D eigenvalue weighted by Gasteiger charge is -2.20. The molecule has 0 atom stereocenters. The average molecular weight is 346 g/mol. The van der Waals surface area contributed by atoms with Crippen molar-refractivity contribution in [3.63, 3.8) is 0 Å². The molecule has 0 bridgehead atoms. The SMILES string of the molecule is O=C(Nc1nc(-c2ccco2)c(C(=O)C2CCOCC2)s1)C1CC1. The van der Waals surface area contributed by atoms with Crippen LogP contribution in [0.1, 0.15) is 35.4 Å². The van der Waals surface area contributed by atoms with Crippen LogP contribution in [0.4, 0.5) is 5.13 Å². The van der Waals surface area contributed by atoms with Gasteiger partial charge < -0.3 is 14.5 Å². The molecule has 24 heavy (non-hydrogen) atoms. The standard InChI is InChI=1S/C17H18N2O4S/c20-14(10-5-8-22-9-6-10)15-13(12-2-1-7-23-12)18-17(24-15)19-16(21)11-3-4-11/h1-2,7,10-11H,3-6,8-9H2,(H,18,19,21). The van der Waals surface area contributed by atoms with Gasteiger partial charge in [0.25, 0.3) is 0 Å². The summed E-state index contributed by atoms with van der Waals surface area (Å²) in [5.74, 6) is 0.637. The van der Waals surface area contributed by atoms with Gasteiger partial charge in [-0.3, -0.25) is 9.59 Å². The number of nitrogens with zero attached hydrogens (tertiary/aromatic N) is 1. The van der Waals surface area contributed by atoms with Crippen molar-refractivity contribution in [2.24, 2.45) is 11.8 Å². The fourth-order valence-electron chi connectivity index (χ4n) is 2.82. The highest BCUT2D eigenvalue weighted by Crippen LogP contribution is 2.36. The first-order valence-corrected chi connectivity index (χ1v) is 9.01. The Bertz CT molecular complexity index is 743. The second kappa shape index (κ2) is 6.49. The molecule has 1 amide bonds. The van der Waals surface area contributed by atoms with E-state index in [9.17, 15) is 9.59 Å². The Morgan fingerprint density at radius 3 is 2.62 bits per heavy atom. The highest BCUT2D eigenvalue weighted by atomic mass is 32.1. The fraction of sp³-hybridized carbons (Fsp3) is 0.471. The quantitative estimate of drug-likeness (QED) is 0.840. The summed E-state index contributed by atoms with van der Waals surface area (Å²) >= 11 is 1.24. The highest BCUT2D eigenvalue weighted by molar-refractivity contribution is 7.18. The topological polar surface area (TPSA) is 81.4 Å². The number of aromatic nitrogens is 1. The van der Waals surface area contributed by atoms with Gasteiger partial charge in [-0.25, -0.2) is 4.98 Å². The van der Waals surface area contributed by atoms with Crippen LogP contribution in [0.3, 0.4) is 0 Å². The Kier molecular flexibility index (Phi) is 4.20. The number of furan rings is 1. The lowest BCUT2D eigenvalue weighted by molar-refractivity contribution is -0.117. The maximum absolute atomic E-state index is 12.9. The zero-order valence-electron chi connectivity index (χ0n) is 13.1. The van der Waals surface area contributed by atoms with Crippen LogP contribution in [0.5, 0.6) is 0 Å². The molecule has 1 aliphatic heterocycles. The Hall–Kier alpha value is -1.99. The van der Waals surface area contributed by atoms with Crippen molar-refractivity contribution < 1.29 is 18.7 Å². The molecule has 4 rings (SSSR count). The van der Waals surface area contributed by atoms with Crippen molar-refractivity contribution >= 4 is 28.2 Å². The summed E-state index contributed by atoms with van der Waals surface area (Å²) in [5.41, 5.74) is 0.521. The number of rotatable bonds is 5. The summed E-state index contributed by atoms with van der Waals surface area (Å²) in [6.07, 6.45) is 4.85. The molecule has 1 N–H and O–H groups in total. The van der Waals surface area contributed by atoms with E-state index < -0.39 is 0 Å². The van der Waals surface area contributed by atoms with Crippen LogP contribution in [-0.2, 0) is 9.53 Å². The van der Waals surface area contributed by atoms with Crippen molar-refractivity contribution in [2.75, 3.05) is 18.5 Å². The molecule has 2 aromatic heterocycles. The number of ether oxygens (including phenoxy) is 1. The minimum Gasteiger partial charge on any atom is -0.463 e. The zero-order valence-corrected chi connectivity index (χ0v) is 13.9. The molecular formula is C17H18N2O4S. The number of nitrogens with one attached hydrogen (secondary N) is 1. The van der Waals surface area contributed by atoms with Gasteiger partial charge in [-0.05, 0) is 37.8 Å². The predicted molar refractivity (Wildman–Crippen MR) is 89.0 cm³/mol. The number of thiazole rings is 1. The highest BCUT2D eigenvalue weighted by Gasteiger charge is 2.32. The molecule has 1 saturated heterocycles. The van der Waals surface area contributed by atoms with Gasteiger partial charge in [0.15, 0.2) is 16.7 Å². The minimum absolute atomic E-state index is 0.0141. The van der Waals surface area contributed by atoms with E-state index in [0.717, 1.165) is 25.7 Å². The van der Waals surface area contributed by atoms with Crippen LogP contribution in [0.15, 0.2) is 22.8 Å². The Labute approximate surface area is 143 Å². The number of carbonyl (C=O) groups is 2. The largest absolute Gasteiger partial charge is 0.463 e. The molecule has 2 aliphatic rings. The van der Waals surface area contributed by atoms with Gasteiger partial charge in [0, 0.05) is 25.0 Å². The first kappa shape index (κ1) is 15.5. The van der Waals surface area contributed by atoms with E-state index in [4.69, 9.17) is 9.15 Å². The van der Waals surface area contributed by atoms with E-state index in [1.807, 2.05) is 0 Å². The second-order valence-corrected chi connectivity index (χ2v) is 7.19. The lowest BCUT2D eigenvalue weighted by Crippen LogP contribution is -2.23. The Morgan fingerprint density at radius 2 is 1.96 bits per heavy atom. The monoisotopic (exact) mass is 346 g/mol. The molecule has 0 radical (unpaired) electrons. The molecule has 1 saturated carbocycles. The van der Waals surface area contributed by atoms with E-state index in [0.29, 0.717) is 34.7 Å². The number of hydrogen-bond acceptors (Lipinski definition) is 6. The van der Waals surface area contributed by atoms with E-state index in [1.54, 1.807) is 18.4 Å². The summed E-state index contributed by atoms with van der Waals surface area (Å²) in [6.45, 7) is 1.22. The van der Waals surface area contributed by atoms with Gasteiger partial charge in [-0.1, -0.05) is 11.3 Å². The summed E-state index contributed by atoms with van der Waals surface area (Å²) < 4.78 is 10.8. The van der Waals surface area contributed by atoms with Gasteiger partial charge in [0.1, 0.15) is 10.6 Å². The predicted octanol–water partition coefficient (Wildman–Crippen LogP) is 3.36. The van der Waals surface area contributed by atoms with E-state index in [1.165, 1.54) is 11.3 Å². The summed E-state index contributed by atoms with van der Waals surface area (Å²) in [4.78, 5) is 29.9. The van der Waals surface area contributed by atoms with Crippen molar-refractivity contribution in [2.45, 2.75) is 25.7 Å². The van der Waals surface area contributed by atoms with Crippen LogP contribution in [0.2, 0.25) is 0 Å². The normalized spacial score (nSPS) is 18.5. The van der Waals surface area contributed by atoms with Gasteiger partial charge in [-0.2, -0.15) is 0 Å². The molecule has 0 unspecified atom stereocenters. The van der Waals surface area contributed by atoms with E-state index in [-0.39, 0.29) is 23.5 Å². The Morgan fingerprint density at radius 1 is 1.17 bits per heavy atom. The van der Waals surface area contributed by atoms with Crippen LogP contribution >= 0.6 is 11.3 Å². The second-order valence-electron chi connectivity index (χ2n) is 6.19. The van der Waals surface area contributed by atoms with Gasteiger partial charge >= 0.3 is 0 Å². The number of anilines is 1. The Balaban J connectivity index is 1.63. The van der Waals surface area contributed by atoms with Crippen molar-refractivity contribution in [3.05, 3.63) is 23.3 Å².